The summed E-state index contributed by atoms with van der Waals surface area (Å²) >= 11 is 5.96. The third-order valence-corrected chi connectivity index (χ3v) is 4.11. The van der Waals surface area contributed by atoms with Gasteiger partial charge < -0.3 is 10.4 Å². The number of H-pyrrole nitrogens is 1. The maximum atomic E-state index is 13.8. The van der Waals surface area contributed by atoms with Crippen molar-refractivity contribution in [2.45, 2.75) is 19.2 Å². The van der Waals surface area contributed by atoms with Crippen LogP contribution in [-0.4, -0.2) is 15.3 Å². The van der Waals surface area contributed by atoms with Crippen molar-refractivity contribution in [1.82, 2.24) is 15.5 Å². The van der Waals surface area contributed by atoms with Crippen molar-refractivity contribution in [2.75, 3.05) is 0 Å². The van der Waals surface area contributed by atoms with Crippen LogP contribution in [0, 0.1) is 5.82 Å². The summed E-state index contributed by atoms with van der Waals surface area (Å²) in [4.78, 5) is 0. The Labute approximate surface area is 144 Å². The number of aromatic nitrogens is 2. The Bertz CT molecular complexity index is 791. The predicted octanol–water partition coefficient (Wildman–Crippen LogP) is 3.57. The molecule has 1 unspecified atom stereocenters. The van der Waals surface area contributed by atoms with Crippen molar-refractivity contribution in [3.05, 3.63) is 88.0 Å². The summed E-state index contributed by atoms with van der Waals surface area (Å²) in [6.45, 7) is 0.170. The summed E-state index contributed by atoms with van der Waals surface area (Å²) in [7, 11) is 0. The van der Waals surface area contributed by atoms with Gasteiger partial charge in [-0.3, -0.25) is 5.10 Å². The lowest BCUT2D eigenvalue weighted by Crippen LogP contribution is -2.21. The summed E-state index contributed by atoms with van der Waals surface area (Å²) in [6.07, 6.45) is 3.57. The molecule has 24 heavy (non-hydrogen) atoms. The van der Waals surface area contributed by atoms with Crippen LogP contribution in [0.5, 0.6) is 0 Å². The minimum Gasteiger partial charge on any atom is -0.392 e. The lowest BCUT2D eigenvalue weighted by molar-refractivity contribution is 0.275. The van der Waals surface area contributed by atoms with Crippen LogP contribution in [0.4, 0.5) is 4.39 Å². The topological polar surface area (TPSA) is 60.9 Å². The minimum atomic E-state index is -0.400. The Morgan fingerprint density at radius 1 is 1.17 bits per heavy atom. The van der Waals surface area contributed by atoms with Gasteiger partial charge >= 0.3 is 0 Å². The van der Waals surface area contributed by atoms with Crippen LogP contribution >= 0.6 is 11.6 Å². The van der Waals surface area contributed by atoms with Gasteiger partial charge in [0.1, 0.15) is 5.82 Å². The van der Waals surface area contributed by atoms with Crippen molar-refractivity contribution in [3.8, 4) is 0 Å². The molecule has 3 rings (SSSR count). The second-order valence-electron chi connectivity index (χ2n) is 5.48. The van der Waals surface area contributed by atoms with E-state index in [0.717, 1.165) is 16.7 Å². The van der Waals surface area contributed by atoms with Crippen molar-refractivity contribution in [2.24, 2.45) is 0 Å². The van der Waals surface area contributed by atoms with E-state index in [-0.39, 0.29) is 12.6 Å². The molecule has 0 saturated carbocycles. The van der Waals surface area contributed by atoms with Crippen LogP contribution in [0.15, 0.2) is 54.9 Å². The molecule has 0 fully saturated rings. The molecule has 3 aromatic rings. The van der Waals surface area contributed by atoms with Gasteiger partial charge in [0.2, 0.25) is 0 Å². The lowest BCUT2D eigenvalue weighted by Gasteiger charge is -2.18. The van der Waals surface area contributed by atoms with E-state index < -0.39 is 5.82 Å². The Morgan fingerprint density at radius 3 is 2.58 bits per heavy atom. The Hall–Kier alpha value is -2.21. The normalized spacial score (nSPS) is 12.3. The van der Waals surface area contributed by atoms with Gasteiger partial charge in [-0.25, -0.2) is 4.39 Å². The first-order valence-corrected chi connectivity index (χ1v) is 7.91. The summed E-state index contributed by atoms with van der Waals surface area (Å²) in [5, 5.41) is 19.9. The molecule has 0 spiro atoms. The van der Waals surface area contributed by atoms with Gasteiger partial charge in [0.15, 0.2) is 0 Å². The molecule has 0 aliphatic carbocycles. The summed E-state index contributed by atoms with van der Waals surface area (Å²) in [6, 6.07) is 12.3. The average Bonchev–Trinajstić information content (AvgIpc) is 3.11. The maximum absolute atomic E-state index is 13.8. The average molecular weight is 346 g/mol. The van der Waals surface area contributed by atoms with Crippen molar-refractivity contribution in [1.29, 1.82) is 0 Å². The van der Waals surface area contributed by atoms with E-state index in [4.69, 9.17) is 16.7 Å². The highest BCUT2D eigenvalue weighted by Crippen LogP contribution is 2.23. The molecule has 1 heterocycles. The molecule has 0 aliphatic rings. The van der Waals surface area contributed by atoms with Crippen LogP contribution in [0.3, 0.4) is 0 Å². The van der Waals surface area contributed by atoms with Gasteiger partial charge in [-0.15, -0.1) is 0 Å². The van der Waals surface area contributed by atoms with Crippen molar-refractivity contribution in [3.63, 3.8) is 0 Å². The fraction of sp³-hybridized carbons (Fsp3) is 0.167. The summed E-state index contributed by atoms with van der Waals surface area (Å²) < 4.78 is 13.8. The zero-order chi connectivity index (χ0) is 16.9. The van der Waals surface area contributed by atoms with Crippen LogP contribution in [-0.2, 0) is 13.2 Å². The third-order valence-electron chi connectivity index (χ3n) is 3.85. The zero-order valence-corrected chi connectivity index (χ0v) is 13.6. The van der Waals surface area contributed by atoms with Crippen molar-refractivity contribution < 1.29 is 9.50 Å². The molecule has 0 amide bonds. The molecular weight excluding hydrogens is 329 g/mol. The second kappa shape index (κ2) is 7.57. The van der Waals surface area contributed by atoms with E-state index in [2.05, 4.69) is 15.5 Å². The molecule has 6 heteroatoms. The highest BCUT2D eigenvalue weighted by atomic mass is 35.5. The smallest absolute Gasteiger partial charge is 0.129 e. The fourth-order valence-electron chi connectivity index (χ4n) is 2.55. The Morgan fingerprint density at radius 2 is 1.96 bits per heavy atom. The van der Waals surface area contributed by atoms with E-state index >= 15 is 0 Å². The molecule has 3 N–H and O–H groups in total. The molecule has 4 nitrogen and oxygen atoms in total. The van der Waals surface area contributed by atoms with E-state index in [0.29, 0.717) is 17.1 Å². The quantitative estimate of drug-likeness (QED) is 0.640. The number of halogens is 2. The van der Waals surface area contributed by atoms with Crippen LogP contribution in [0.1, 0.15) is 28.3 Å². The van der Waals surface area contributed by atoms with Crippen LogP contribution in [0.2, 0.25) is 5.02 Å². The summed E-state index contributed by atoms with van der Waals surface area (Å²) in [5.41, 5.74) is 3.10. The van der Waals surface area contributed by atoms with E-state index in [9.17, 15) is 4.39 Å². The number of benzene rings is 2. The number of aliphatic hydroxyl groups excluding tert-OH is 1. The number of nitrogens with one attached hydrogen (secondary N) is 2. The maximum Gasteiger partial charge on any atom is 0.129 e. The third kappa shape index (κ3) is 3.82. The fourth-order valence-corrected chi connectivity index (χ4v) is 2.68. The minimum absolute atomic E-state index is 0.0957. The van der Waals surface area contributed by atoms with Gasteiger partial charge in [-0.2, -0.15) is 5.10 Å². The van der Waals surface area contributed by atoms with Gasteiger partial charge in [0, 0.05) is 28.9 Å². The SMILES string of the molecule is OCc1ccc(CNC(c2ccc(Cl)cc2)c2cn[nH]c2)cc1F. The highest BCUT2D eigenvalue weighted by molar-refractivity contribution is 6.30. The number of aliphatic hydroxyl groups is 1. The predicted molar refractivity (Wildman–Crippen MR) is 91.0 cm³/mol. The Kier molecular flexibility index (Phi) is 5.25. The van der Waals surface area contributed by atoms with E-state index in [1.54, 1.807) is 18.3 Å². The van der Waals surface area contributed by atoms with Crippen molar-refractivity contribution >= 4 is 11.6 Å². The van der Waals surface area contributed by atoms with Crippen LogP contribution < -0.4 is 5.32 Å². The molecule has 0 radical (unpaired) electrons. The number of hydrogen-bond acceptors (Lipinski definition) is 3. The zero-order valence-electron chi connectivity index (χ0n) is 12.8. The highest BCUT2D eigenvalue weighted by Gasteiger charge is 2.15. The molecule has 0 saturated heterocycles. The lowest BCUT2D eigenvalue weighted by atomic mass is 10.0. The standard InChI is InChI=1S/C18H17ClFN3O/c19-16-5-3-13(4-6-16)18(15-9-22-23-10-15)21-8-12-1-2-14(11-24)17(20)7-12/h1-7,9-10,18,21,24H,8,11H2,(H,22,23). The number of hydrogen-bond donors (Lipinski definition) is 3. The molecular formula is C18H17ClFN3O. The first-order valence-electron chi connectivity index (χ1n) is 7.53. The number of nitrogens with zero attached hydrogens (tertiary/aromatic N) is 1. The van der Waals surface area contributed by atoms with E-state index in [1.807, 2.05) is 30.5 Å². The molecule has 124 valence electrons. The van der Waals surface area contributed by atoms with Gasteiger partial charge in [-0.1, -0.05) is 35.9 Å². The first kappa shape index (κ1) is 16.6. The number of aromatic amines is 1. The van der Waals surface area contributed by atoms with E-state index in [1.165, 1.54) is 6.07 Å². The molecule has 0 aliphatic heterocycles. The van der Waals surface area contributed by atoms with Gasteiger partial charge in [0.05, 0.1) is 18.8 Å². The van der Waals surface area contributed by atoms with Gasteiger partial charge in [-0.05, 0) is 29.3 Å². The van der Waals surface area contributed by atoms with Gasteiger partial charge in [0.25, 0.3) is 0 Å². The molecule has 1 aromatic heterocycles. The molecule has 1 atom stereocenters. The van der Waals surface area contributed by atoms with Crippen LogP contribution in [0.25, 0.3) is 0 Å². The molecule has 2 aromatic carbocycles. The Balaban J connectivity index is 1.80. The second-order valence-corrected chi connectivity index (χ2v) is 5.92. The largest absolute Gasteiger partial charge is 0.392 e. The summed E-state index contributed by atoms with van der Waals surface area (Å²) in [5.74, 6) is -0.400. The monoisotopic (exact) mass is 345 g/mol. The molecule has 0 bridgehead atoms. The number of rotatable bonds is 6. The first-order chi connectivity index (χ1) is 11.7.